The summed E-state index contributed by atoms with van der Waals surface area (Å²) in [4.78, 5) is 30.8. The largest absolute Gasteiger partial charge is 0.352 e. The van der Waals surface area contributed by atoms with E-state index in [1.54, 1.807) is 6.20 Å². The topological polar surface area (TPSA) is 62.3 Å². The lowest BCUT2D eigenvalue weighted by atomic mass is 9.99. The number of hydrogen-bond donors (Lipinski definition) is 1. The van der Waals surface area contributed by atoms with Crippen molar-refractivity contribution in [2.75, 3.05) is 6.54 Å². The first-order chi connectivity index (χ1) is 14.5. The highest BCUT2D eigenvalue weighted by molar-refractivity contribution is 5.95. The van der Waals surface area contributed by atoms with Crippen LogP contribution in [0.25, 0.3) is 11.1 Å². The van der Waals surface area contributed by atoms with Crippen LogP contribution in [0.3, 0.4) is 0 Å². The molecule has 2 amide bonds. The molecule has 0 saturated carbocycles. The van der Waals surface area contributed by atoms with E-state index in [1.165, 1.54) is 12.5 Å². The molecule has 1 aromatic heterocycles. The van der Waals surface area contributed by atoms with E-state index < -0.39 is 0 Å². The maximum Gasteiger partial charge on any atom is 0.254 e. The summed E-state index contributed by atoms with van der Waals surface area (Å²) in [5, 5.41) is 2.79. The van der Waals surface area contributed by atoms with Crippen molar-refractivity contribution < 1.29 is 9.59 Å². The standard InChI is InChI=1S/C25H25N3O2/c1-17-5-3-6-20(11-17)21-7-4-8-22(13-21)25(30)28-10-9-24-23(16-28)12-19(15-27-24)14-26-18(2)29/h3-8,11-13,15H,9-10,14,16H2,1-2H3,(H,26,29). The van der Waals surface area contributed by atoms with E-state index >= 15 is 0 Å². The van der Waals surface area contributed by atoms with Gasteiger partial charge < -0.3 is 10.2 Å². The first-order valence-corrected chi connectivity index (χ1v) is 10.2. The predicted molar refractivity (Wildman–Crippen MR) is 117 cm³/mol. The lowest BCUT2D eigenvalue weighted by Gasteiger charge is -2.29. The van der Waals surface area contributed by atoms with Gasteiger partial charge in [-0.15, -0.1) is 0 Å². The molecule has 0 spiro atoms. The van der Waals surface area contributed by atoms with Crippen molar-refractivity contribution in [2.24, 2.45) is 0 Å². The second-order valence-corrected chi connectivity index (χ2v) is 7.79. The Kier molecular flexibility index (Phi) is 5.61. The first-order valence-electron chi connectivity index (χ1n) is 10.2. The van der Waals surface area contributed by atoms with Crippen molar-refractivity contribution in [3.05, 3.63) is 88.7 Å². The number of carbonyl (C=O) groups is 2. The van der Waals surface area contributed by atoms with E-state index in [-0.39, 0.29) is 11.8 Å². The third kappa shape index (κ3) is 4.40. The number of aromatic nitrogens is 1. The molecule has 1 aliphatic rings. The van der Waals surface area contributed by atoms with Crippen LogP contribution in [0.2, 0.25) is 0 Å². The summed E-state index contributed by atoms with van der Waals surface area (Å²) in [5.74, 6) is -0.0413. The molecule has 0 unspecified atom stereocenters. The number of rotatable bonds is 4. The average molecular weight is 399 g/mol. The van der Waals surface area contributed by atoms with E-state index in [0.29, 0.717) is 25.2 Å². The molecule has 4 rings (SSSR count). The zero-order chi connectivity index (χ0) is 21.1. The quantitative estimate of drug-likeness (QED) is 0.724. The second kappa shape index (κ2) is 8.49. The summed E-state index contributed by atoms with van der Waals surface area (Å²) >= 11 is 0. The molecule has 152 valence electrons. The van der Waals surface area contributed by atoms with Gasteiger partial charge in [0.2, 0.25) is 5.91 Å². The zero-order valence-electron chi connectivity index (χ0n) is 17.3. The molecular formula is C25H25N3O2. The van der Waals surface area contributed by atoms with Crippen LogP contribution >= 0.6 is 0 Å². The Bertz CT molecular complexity index is 1110. The van der Waals surface area contributed by atoms with Crippen molar-refractivity contribution in [1.29, 1.82) is 0 Å². The van der Waals surface area contributed by atoms with Gasteiger partial charge in [-0.25, -0.2) is 0 Å². The molecule has 0 atom stereocenters. The highest BCUT2D eigenvalue weighted by atomic mass is 16.2. The molecule has 0 saturated heterocycles. The van der Waals surface area contributed by atoms with Crippen LogP contribution in [0.1, 0.15) is 39.7 Å². The summed E-state index contributed by atoms with van der Waals surface area (Å²) < 4.78 is 0. The van der Waals surface area contributed by atoms with Gasteiger partial charge in [0.15, 0.2) is 0 Å². The molecule has 0 bridgehead atoms. The van der Waals surface area contributed by atoms with E-state index in [0.717, 1.165) is 34.4 Å². The monoisotopic (exact) mass is 399 g/mol. The molecule has 0 aliphatic carbocycles. The molecular weight excluding hydrogens is 374 g/mol. The smallest absolute Gasteiger partial charge is 0.254 e. The van der Waals surface area contributed by atoms with Crippen molar-refractivity contribution in [3.8, 4) is 11.1 Å². The fraction of sp³-hybridized carbons (Fsp3) is 0.240. The number of nitrogens with one attached hydrogen (secondary N) is 1. The SMILES string of the molecule is CC(=O)NCc1cnc2c(c1)CN(C(=O)c1cccc(-c3cccc(C)c3)c1)CC2. The summed E-state index contributed by atoms with van der Waals surface area (Å²) in [6, 6.07) is 18.2. The van der Waals surface area contributed by atoms with Gasteiger partial charge in [-0.3, -0.25) is 14.6 Å². The van der Waals surface area contributed by atoms with Crippen LogP contribution in [0.5, 0.6) is 0 Å². The Morgan fingerprint density at radius 2 is 1.83 bits per heavy atom. The third-order valence-corrected chi connectivity index (χ3v) is 5.39. The van der Waals surface area contributed by atoms with Crippen LogP contribution in [0, 0.1) is 6.92 Å². The Hall–Kier alpha value is -3.47. The summed E-state index contributed by atoms with van der Waals surface area (Å²) in [7, 11) is 0. The van der Waals surface area contributed by atoms with E-state index in [4.69, 9.17) is 0 Å². The van der Waals surface area contributed by atoms with Crippen LogP contribution in [0.4, 0.5) is 0 Å². The van der Waals surface area contributed by atoms with Gasteiger partial charge in [-0.05, 0) is 47.4 Å². The number of aryl methyl sites for hydroxylation is 1. The minimum absolute atomic E-state index is 0.0300. The molecule has 5 heteroatoms. The summed E-state index contributed by atoms with van der Waals surface area (Å²) in [5.41, 5.74) is 7.06. The molecule has 3 aromatic rings. The number of benzene rings is 2. The molecule has 30 heavy (non-hydrogen) atoms. The van der Waals surface area contributed by atoms with E-state index in [2.05, 4.69) is 35.4 Å². The van der Waals surface area contributed by atoms with Crippen LogP contribution in [-0.2, 0) is 24.3 Å². The molecule has 1 aliphatic heterocycles. The Morgan fingerprint density at radius 1 is 1.07 bits per heavy atom. The number of pyridine rings is 1. The van der Waals surface area contributed by atoms with Crippen molar-refractivity contribution in [3.63, 3.8) is 0 Å². The molecule has 0 radical (unpaired) electrons. The lowest BCUT2D eigenvalue weighted by Crippen LogP contribution is -2.36. The number of fused-ring (bicyclic) bond motifs is 1. The van der Waals surface area contributed by atoms with Gasteiger partial charge in [-0.2, -0.15) is 0 Å². The van der Waals surface area contributed by atoms with E-state index in [1.807, 2.05) is 41.3 Å². The first kappa shape index (κ1) is 19.8. The van der Waals surface area contributed by atoms with Crippen molar-refractivity contribution in [1.82, 2.24) is 15.2 Å². The molecule has 1 N–H and O–H groups in total. The van der Waals surface area contributed by atoms with Crippen LogP contribution < -0.4 is 5.32 Å². The molecule has 2 aromatic carbocycles. The summed E-state index contributed by atoms with van der Waals surface area (Å²) in [6.45, 7) is 5.19. The Morgan fingerprint density at radius 3 is 2.60 bits per heavy atom. The minimum atomic E-state index is -0.0713. The number of nitrogens with zero attached hydrogens (tertiary/aromatic N) is 2. The fourth-order valence-corrected chi connectivity index (χ4v) is 3.81. The number of hydrogen-bond acceptors (Lipinski definition) is 3. The Labute approximate surface area is 176 Å². The maximum absolute atomic E-state index is 13.2. The van der Waals surface area contributed by atoms with Gasteiger partial charge in [0.1, 0.15) is 0 Å². The van der Waals surface area contributed by atoms with Gasteiger partial charge in [0.05, 0.1) is 0 Å². The normalized spacial score (nSPS) is 12.9. The van der Waals surface area contributed by atoms with Crippen LogP contribution in [-0.4, -0.2) is 28.2 Å². The van der Waals surface area contributed by atoms with Gasteiger partial charge in [0, 0.05) is 50.4 Å². The minimum Gasteiger partial charge on any atom is -0.352 e. The molecule has 0 fully saturated rings. The molecule has 5 nitrogen and oxygen atoms in total. The summed E-state index contributed by atoms with van der Waals surface area (Å²) in [6.07, 6.45) is 2.54. The second-order valence-electron chi connectivity index (χ2n) is 7.79. The van der Waals surface area contributed by atoms with Gasteiger partial charge in [-0.1, -0.05) is 42.0 Å². The Balaban J connectivity index is 1.53. The van der Waals surface area contributed by atoms with Crippen molar-refractivity contribution >= 4 is 11.8 Å². The fourth-order valence-electron chi connectivity index (χ4n) is 3.81. The highest BCUT2D eigenvalue weighted by Gasteiger charge is 2.23. The van der Waals surface area contributed by atoms with Crippen molar-refractivity contribution in [2.45, 2.75) is 33.4 Å². The van der Waals surface area contributed by atoms with Crippen LogP contribution in [0.15, 0.2) is 60.8 Å². The zero-order valence-corrected chi connectivity index (χ0v) is 17.3. The van der Waals surface area contributed by atoms with Gasteiger partial charge >= 0.3 is 0 Å². The van der Waals surface area contributed by atoms with Gasteiger partial charge in [0.25, 0.3) is 5.91 Å². The number of amides is 2. The predicted octanol–water partition coefficient (Wildman–Crippen LogP) is 3.89. The highest BCUT2D eigenvalue weighted by Crippen LogP contribution is 2.24. The maximum atomic E-state index is 13.2. The number of carbonyl (C=O) groups excluding carboxylic acids is 2. The lowest BCUT2D eigenvalue weighted by molar-refractivity contribution is -0.119. The molecule has 2 heterocycles. The average Bonchev–Trinajstić information content (AvgIpc) is 2.76. The third-order valence-electron chi connectivity index (χ3n) is 5.39. The van der Waals surface area contributed by atoms with E-state index in [9.17, 15) is 9.59 Å².